The lowest BCUT2D eigenvalue weighted by Crippen LogP contribution is -2.25. The first-order chi connectivity index (χ1) is 20.2. The number of unbranched alkanes of at least 4 members (excludes halogenated alkanes) is 1. The molecule has 0 amide bonds. The van der Waals surface area contributed by atoms with Gasteiger partial charge in [-0.1, -0.05) is 61.9 Å². The van der Waals surface area contributed by atoms with Crippen molar-refractivity contribution in [3.63, 3.8) is 0 Å². The van der Waals surface area contributed by atoms with Gasteiger partial charge in [0.1, 0.15) is 23.8 Å². The van der Waals surface area contributed by atoms with Crippen molar-refractivity contribution in [3.05, 3.63) is 93.4 Å². The van der Waals surface area contributed by atoms with Crippen molar-refractivity contribution in [1.82, 2.24) is 30.2 Å². The van der Waals surface area contributed by atoms with Crippen molar-refractivity contribution in [1.29, 1.82) is 0 Å². The summed E-state index contributed by atoms with van der Waals surface area (Å²) in [5, 5.41) is 25.3. The van der Waals surface area contributed by atoms with Gasteiger partial charge >= 0.3 is 11.8 Å². The van der Waals surface area contributed by atoms with Gasteiger partial charge in [-0.05, 0) is 54.3 Å². The van der Waals surface area contributed by atoms with Crippen molar-refractivity contribution >= 4 is 5.97 Å². The minimum absolute atomic E-state index is 0.00491. The zero-order valence-electron chi connectivity index (χ0n) is 23.9. The van der Waals surface area contributed by atoms with Crippen molar-refractivity contribution in [3.8, 4) is 22.5 Å². The molecule has 0 aliphatic carbocycles. The molecule has 3 aromatic heterocycles. The molecule has 2 aromatic carbocycles. The normalized spacial score (nSPS) is 11.6. The largest absolute Gasteiger partial charge is 0.519 e. The summed E-state index contributed by atoms with van der Waals surface area (Å²) in [5.41, 5.74) is 2.37. The van der Waals surface area contributed by atoms with E-state index < -0.39 is 17.4 Å². The van der Waals surface area contributed by atoms with Crippen LogP contribution in [-0.4, -0.2) is 41.3 Å². The quantitative estimate of drug-likeness (QED) is 0.215. The number of H-pyrrole nitrogens is 1. The number of hydrogen-bond donors (Lipinski definition) is 2. The highest BCUT2D eigenvalue weighted by Crippen LogP contribution is 2.31. The number of carbonyl (C=O) groups excluding carboxylic acids is 1. The van der Waals surface area contributed by atoms with E-state index in [2.05, 4.69) is 25.6 Å². The zero-order chi connectivity index (χ0) is 29.9. The van der Waals surface area contributed by atoms with E-state index in [0.29, 0.717) is 29.6 Å². The number of rotatable bonds is 11. The summed E-state index contributed by atoms with van der Waals surface area (Å²) in [6.07, 6.45) is 2.27. The maximum absolute atomic E-state index is 13.4. The van der Waals surface area contributed by atoms with Crippen LogP contribution < -0.4 is 5.82 Å². The number of esters is 1. The molecular weight excluding hydrogens is 540 g/mol. The molecule has 0 aliphatic rings. The number of imidazole rings is 1. The lowest BCUT2D eigenvalue weighted by Gasteiger charge is -2.21. The molecule has 42 heavy (non-hydrogen) atoms. The van der Waals surface area contributed by atoms with E-state index >= 15 is 0 Å². The highest BCUT2D eigenvalue weighted by Gasteiger charge is 2.33. The summed E-state index contributed by atoms with van der Waals surface area (Å²) in [5.74, 6) is 0.280. The van der Waals surface area contributed by atoms with E-state index in [1.165, 1.54) is 0 Å². The third kappa shape index (κ3) is 6.08. The van der Waals surface area contributed by atoms with E-state index in [0.717, 1.165) is 35.1 Å². The predicted molar refractivity (Wildman–Crippen MR) is 151 cm³/mol. The Morgan fingerprint density at radius 3 is 2.45 bits per heavy atom. The number of benzene rings is 2. The van der Waals surface area contributed by atoms with Crippen LogP contribution in [0.3, 0.4) is 0 Å². The highest BCUT2D eigenvalue weighted by atomic mass is 16.6. The van der Waals surface area contributed by atoms with Crippen molar-refractivity contribution < 1.29 is 23.5 Å². The lowest BCUT2D eigenvalue weighted by atomic mass is 9.98. The summed E-state index contributed by atoms with van der Waals surface area (Å²) in [7, 11) is 0. The molecule has 12 heteroatoms. The van der Waals surface area contributed by atoms with Crippen molar-refractivity contribution in [2.45, 2.75) is 65.7 Å². The third-order valence-corrected chi connectivity index (χ3v) is 6.87. The van der Waals surface area contributed by atoms with Crippen LogP contribution in [0.1, 0.15) is 72.7 Å². The van der Waals surface area contributed by atoms with Crippen LogP contribution in [0.5, 0.6) is 0 Å². The Kier molecular flexibility index (Phi) is 8.16. The molecule has 0 aliphatic heterocycles. The van der Waals surface area contributed by atoms with Gasteiger partial charge in [0.25, 0.3) is 0 Å². The molecule has 5 rings (SSSR count). The van der Waals surface area contributed by atoms with Gasteiger partial charge in [0, 0.05) is 12.0 Å². The molecule has 218 valence electrons. The van der Waals surface area contributed by atoms with Gasteiger partial charge in [0.05, 0.1) is 12.2 Å². The summed E-state index contributed by atoms with van der Waals surface area (Å²) >= 11 is 0. The summed E-state index contributed by atoms with van der Waals surface area (Å²) in [4.78, 5) is 29.6. The standard InChI is InChI=1S/C30H32N6O6/c1-5-6-11-24-31-25(26(30(3,4)39)36(24)16-23-18(2)41-29(38)42-23)28(37)40-17-19-12-14-20(15-13-19)21-9-7-8-10-22(21)27-32-34-35-33-27/h7-10,12-15,39H,5-6,11,16-17H2,1-4H3,(H,32,33,34,35). The van der Waals surface area contributed by atoms with Crippen LogP contribution >= 0.6 is 0 Å². The Balaban J connectivity index is 1.39. The number of carbonyl (C=O) groups is 1. The number of aryl methyl sites for hydroxylation is 2. The Morgan fingerprint density at radius 2 is 1.83 bits per heavy atom. The topological polar surface area (TPSA) is 162 Å². The molecule has 5 aromatic rings. The van der Waals surface area contributed by atoms with Gasteiger partial charge < -0.3 is 23.2 Å². The van der Waals surface area contributed by atoms with Gasteiger partial charge in [-0.15, -0.1) is 5.10 Å². The average molecular weight is 573 g/mol. The fraction of sp³-hybridized carbons (Fsp3) is 0.333. The predicted octanol–water partition coefficient (Wildman–Crippen LogP) is 4.56. The van der Waals surface area contributed by atoms with E-state index in [4.69, 9.17) is 13.6 Å². The smallest absolute Gasteiger partial charge is 0.456 e. The second-order valence-electron chi connectivity index (χ2n) is 10.5. The Morgan fingerprint density at radius 1 is 1.10 bits per heavy atom. The first-order valence-corrected chi connectivity index (χ1v) is 13.7. The average Bonchev–Trinajstić information content (AvgIpc) is 3.70. The molecule has 3 heterocycles. The number of nitrogens with zero attached hydrogens (tertiary/aromatic N) is 5. The van der Waals surface area contributed by atoms with Crippen LogP contribution in [-0.2, 0) is 29.9 Å². The Bertz CT molecular complexity index is 1730. The van der Waals surface area contributed by atoms with Crippen LogP contribution in [0.25, 0.3) is 22.5 Å². The van der Waals surface area contributed by atoms with Crippen LogP contribution in [0.2, 0.25) is 0 Å². The molecule has 0 radical (unpaired) electrons. The Labute approximate surface area is 241 Å². The molecule has 0 saturated carbocycles. The van der Waals surface area contributed by atoms with Gasteiger partial charge in [0.2, 0.25) is 0 Å². The molecule has 0 atom stereocenters. The fourth-order valence-corrected chi connectivity index (χ4v) is 4.83. The molecule has 12 nitrogen and oxygen atoms in total. The number of hydrogen-bond acceptors (Lipinski definition) is 10. The second kappa shape index (κ2) is 12.0. The number of ether oxygens (including phenoxy) is 1. The lowest BCUT2D eigenvalue weighted by molar-refractivity contribution is 0.0421. The Hall–Kier alpha value is -4.84. The number of nitrogens with one attached hydrogen (secondary N) is 1. The second-order valence-corrected chi connectivity index (χ2v) is 10.5. The first kappa shape index (κ1) is 28.7. The van der Waals surface area contributed by atoms with Crippen LogP contribution in [0.4, 0.5) is 0 Å². The maximum atomic E-state index is 13.4. The third-order valence-electron chi connectivity index (χ3n) is 6.87. The molecule has 0 spiro atoms. The molecular formula is C30H32N6O6. The molecule has 2 N–H and O–H groups in total. The van der Waals surface area contributed by atoms with Gasteiger partial charge in [0.15, 0.2) is 17.3 Å². The minimum Gasteiger partial charge on any atom is -0.456 e. The number of aromatic nitrogens is 6. The molecule has 0 bridgehead atoms. The number of tetrazole rings is 1. The number of aromatic amines is 1. The van der Waals surface area contributed by atoms with E-state index in [9.17, 15) is 14.7 Å². The summed E-state index contributed by atoms with van der Waals surface area (Å²) < 4.78 is 17.6. The fourth-order valence-electron chi connectivity index (χ4n) is 4.83. The molecule has 0 fully saturated rings. The highest BCUT2D eigenvalue weighted by molar-refractivity contribution is 5.89. The van der Waals surface area contributed by atoms with E-state index in [1.54, 1.807) is 25.3 Å². The molecule has 0 unspecified atom stereocenters. The first-order valence-electron chi connectivity index (χ1n) is 13.7. The van der Waals surface area contributed by atoms with Crippen molar-refractivity contribution in [2.24, 2.45) is 0 Å². The van der Waals surface area contributed by atoms with E-state index in [1.807, 2.05) is 55.5 Å². The minimum atomic E-state index is -1.45. The maximum Gasteiger partial charge on any atom is 0.519 e. The SMILES string of the molecule is CCCCc1nc(C(=O)OCc2ccc(-c3ccccc3-c3nnn[nH]3)cc2)c(C(C)(C)O)n1Cc1oc(=O)oc1C. The van der Waals surface area contributed by atoms with Gasteiger partial charge in [-0.2, -0.15) is 0 Å². The van der Waals surface area contributed by atoms with Crippen LogP contribution in [0.15, 0.2) is 62.2 Å². The van der Waals surface area contributed by atoms with Crippen LogP contribution in [0, 0.1) is 6.92 Å². The molecule has 0 saturated heterocycles. The summed E-state index contributed by atoms with van der Waals surface area (Å²) in [6, 6.07) is 15.4. The zero-order valence-corrected chi connectivity index (χ0v) is 23.9. The number of aliphatic hydroxyl groups is 1. The summed E-state index contributed by atoms with van der Waals surface area (Å²) in [6.45, 7) is 6.90. The van der Waals surface area contributed by atoms with Gasteiger partial charge in [-0.3, -0.25) is 0 Å². The monoisotopic (exact) mass is 572 g/mol. The van der Waals surface area contributed by atoms with Gasteiger partial charge in [-0.25, -0.2) is 19.7 Å². The van der Waals surface area contributed by atoms with Crippen molar-refractivity contribution in [2.75, 3.05) is 0 Å². The van der Waals surface area contributed by atoms with E-state index in [-0.39, 0.29) is 24.5 Å².